The fraction of sp³-hybridized carbons (Fsp3) is 0.857. The Balaban J connectivity index is 2.69. The van der Waals surface area contributed by atoms with Crippen molar-refractivity contribution < 1.29 is 8.42 Å². The first-order valence-corrected chi connectivity index (χ1v) is 6.44. The van der Waals surface area contributed by atoms with Gasteiger partial charge in [-0.25, -0.2) is 8.42 Å². The van der Waals surface area contributed by atoms with Crippen LogP contribution in [-0.4, -0.2) is 36.6 Å². The zero-order valence-corrected chi connectivity index (χ0v) is 9.70. The molecule has 5 nitrogen and oxygen atoms in total. The van der Waals surface area contributed by atoms with Crippen LogP contribution in [0.1, 0.15) is 19.8 Å². The number of nitrogens with two attached hydrogens (primary N) is 1. The minimum absolute atomic E-state index is 0.459. The average molecular weight is 237 g/mol. The molecule has 1 heterocycles. The molecule has 82 valence electrons. The van der Waals surface area contributed by atoms with E-state index in [9.17, 15) is 8.42 Å². The second-order valence-electron chi connectivity index (χ2n) is 3.34. The summed E-state index contributed by atoms with van der Waals surface area (Å²) in [6.07, 6.45) is 2.14. The number of nitrogens with zero attached hydrogens (tertiary/aromatic N) is 1. The van der Waals surface area contributed by atoms with Gasteiger partial charge in [0.1, 0.15) is 5.25 Å². The van der Waals surface area contributed by atoms with Crippen LogP contribution in [0.4, 0.5) is 0 Å². The molecular formula is C7H15N3O2S2. The Morgan fingerprint density at radius 1 is 1.50 bits per heavy atom. The van der Waals surface area contributed by atoms with Crippen molar-refractivity contribution in [3.05, 3.63) is 0 Å². The molecule has 7 heteroatoms. The van der Waals surface area contributed by atoms with Gasteiger partial charge in [0.05, 0.1) is 4.99 Å². The zero-order chi connectivity index (χ0) is 10.8. The quantitative estimate of drug-likeness (QED) is 0.396. The van der Waals surface area contributed by atoms with Crippen LogP contribution < -0.4 is 10.7 Å². The van der Waals surface area contributed by atoms with Gasteiger partial charge in [0.15, 0.2) is 0 Å². The number of rotatable bonds is 3. The molecule has 1 rings (SSSR count). The van der Waals surface area contributed by atoms with Crippen LogP contribution in [0.25, 0.3) is 0 Å². The van der Waals surface area contributed by atoms with Gasteiger partial charge in [-0.3, -0.25) is 5.84 Å². The van der Waals surface area contributed by atoms with Crippen LogP contribution in [0.3, 0.4) is 0 Å². The maximum Gasteiger partial charge on any atom is 0.233 e. The third-order valence-corrected chi connectivity index (χ3v) is 4.64. The molecule has 1 saturated heterocycles. The monoisotopic (exact) mass is 237 g/mol. The highest BCUT2D eigenvalue weighted by atomic mass is 32.2. The maximum absolute atomic E-state index is 11.3. The van der Waals surface area contributed by atoms with E-state index in [0.29, 0.717) is 4.99 Å². The second kappa shape index (κ2) is 4.52. The van der Waals surface area contributed by atoms with Crippen LogP contribution in [0, 0.1) is 0 Å². The Labute approximate surface area is 89.7 Å². The molecule has 0 spiro atoms. The Morgan fingerprint density at radius 2 is 2.00 bits per heavy atom. The molecule has 0 saturated carbocycles. The molecule has 1 unspecified atom stereocenters. The van der Waals surface area contributed by atoms with E-state index in [4.69, 9.17) is 18.1 Å². The van der Waals surface area contributed by atoms with E-state index >= 15 is 0 Å². The van der Waals surface area contributed by atoms with E-state index in [1.54, 1.807) is 11.8 Å². The van der Waals surface area contributed by atoms with Crippen molar-refractivity contribution in [2.75, 3.05) is 13.1 Å². The summed E-state index contributed by atoms with van der Waals surface area (Å²) in [5.74, 6) is 4.93. The Hall–Kier alpha value is -0.240. The number of hydrogen-bond donors (Lipinski definition) is 2. The van der Waals surface area contributed by atoms with Gasteiger partial charge >= 0.3 is 0 Å². The standard InChI is InChI=1S/C7H15N3O2S2/c1-6(14(11,12)9-8)7(13)10-4-2-3-5-10/h6,9H,2-5,8H2,1H3. The fourth-order valence-electron chi connectivity index (χ4n) is 1.43. The predicted octanol–water partition coefficient (Wildman–Crippen LogP) is -0.409. The lowest BCUT2D eigenvalue weighted by atomic mass is 10.4. The van der Waals surface area contributed by atoms with Gasteiger partial charge in [-0.2, -0.15) is 4.83 Å². The Kier molecular flexibility index (Phi) is 3.82. The molecule has 0 amide bonds. The van der Waals surface area contributed by atoms with Crippen molar-refractivity contribution in [3.8, 4) is 0 Å². The summed E-state index contributed by atoms with van der Waals surface area (Å²) in [5, 5.41) is -0.736. The number of hydrazine groups is 1. The van der Waals surface area contributed by atoms with Crippen molar-refractivity contribution in [1.82, 2.24) is 9.73 Å². The van der Waals surface area contributed by atoms with E-state index in [-0.39, 0.29) is 0 Å². The highest BCUT2D eigenvalue weighted by molar-refractivity contribution is 7.92. The van der Waals surface area contributed by atoms with Gasteiger partial charge in [0.25, 0.3) is 0 Å². The minimum atomic E-state index is -3.49. The number of nitrogens with one attached hydrogen (secondary N) is 1. The van der Waals surface area contributed by atoms with Gasteiger partial charge in [0.2, 0.25) is 10.0 Å². The smallest absolute Gasteiger partial charge is 0.233 e. The van der Waals surface area contributed by atoms with Gasteiger partial charge < -0.3 is 4.90 Å². The molecule has 0 aliphatic carbocycles. The SMILES string of the molecule is CC(C(=S)N1CCCC1)S(=O)(=O)NN. The maximum atomic E-state index is 11.3. The highest BCUT2D eigenvalue weighted by Crippen LogP contribution is 2.13. The van der Waals surface area contributed by atoms with Crippen molar-refractivity contribution in [1.29, 1.82) is 0 Å². The molecule has 14 heavy (non-hydrogen) atoms. The van der Waals surface area contributed by atoms with E-state index in [1.165, 1.54) is 0 Å². The van der Waals surface area contributed by atoms with E-state index in [1.807, 2.05) is 4.90 Å². The summed E-state index contributed by atoms with van der Waals surface area (Å²) in [5.41, 5.74) is 0. The minimum Gasteiger partial charge on any atom is -0.365 e. The summed E-state index contributed by atoms with van der Waals surface area (Å²) < 4.78 is 22.7. The van der Waals surface area contributed by atoms with Gasteiger partial charge in [-0.15, -0.1) is 0 Å². The van der Waals surface area contributed by atoms with Crippen LogP contribution >= 0.6 is 12.2 Å². The summed E-state index contributed by atoms with van der Waals surface area (Å²) in [7, 11) is -3.49. The van der Waals surface area contributed by atoms with Crippen molar-refractivity contribution >= 4 is 27.2 Å². The lowest BCUT2D eigenvalue weighted by molar-refractivity contribution is 0.514. The zero-order valence-electron chi connectivity index (χ0n) is 8.06. The number of thiocarbonyl (C=S) groups is 1. The average Bonchev–Trinajstić information content (AvgIpc) is 2.68. The molecule has 1 aliphatic rings. The Morgan fingerprint density at radius 3 is 2.43 bits per heavy atom. The number of sulfonamides is 1. The molecule has 1 atom stereocenters. The lowest BCUT2D eigenvalue weighted by Crippen LogP contribution is -2.45. The highest BCUT2D eigenvalue weighted by Gasteiger charge is 2.28. The fourth-order valence-corrected chi connectivity index (χ4v) is 2.61. The van der Waals surface area contributed by atoms with E-state index in [2.05, 4.69) is 0 Å². The molecule has 0 bridgehead atoms. The molecule has 0 aromatic carbocycles. The normalized spacial score (nSPS) is 19.7. The van der Waals surface area contributed by atoms with Crippen LogP contribution in [-0.2, 0) is 10.0 Å². The summed E-state index contributed by atoms with van der Waals surface area (Å²) >= 11 is 5.10. The first-order valence-electron chi connectivity index (χ1n) is 4.49. The van der Waals surface area contributed by atoms with Crippen molar-refractivity contribution in [2.45, 2.75) is 25.0 Å². The first-order chi connectivity index (χ1) is 6.49. The number of hydrogen-bond acceptors (Lipinski definition) is 4. The summed E-state index contributed by atoms with van der Waals surface area (Å²) in [6.45, 7) is 3.25. The first kappa shape index (κ1) is 11.8. The third-order valence-electron chi connectivity index (χ3n) is 2.40. The van der Waals surface area contributed by atoms with E-state index < -0.39 is 15.3 Å². The molecule has 1 fully saturated rings. The molecule has 3 N–H and O–H groups in total. The van der Waals surface area contributed by atoms with Crippen molar-refractivity contribution in [3.63, 3.8) is 0 Å². The van der Waals surface area contributed by atoms with Gasteiger partial charge in [0, 0.05) is 13.1 Å². The predicted molar refractivity (Wildman–Crippen MR) is 59.1 cm³/mol. The number of likely N-dealkylation sites (tertiary alicyclic amines) is 1. The molecule has 1 aliphatic heterocycles. The molecule has 0 aromatic heterocycles. The summed E-state index contributed by atoms with van der Waals surface area (Å²) in [6, 6.07) is 0. The van der Waals surface area contributed by atoms with Gasteiger partial charge in [-0.05, 0) is 19.8 Å². The Bertz CT molecular complexity index is 309. The van der Waals surface area contributed by atoms with Crippen molar-refractivity contribution in [2.24, 2.45) is 5.84 Å². The lowest BCUT2D eigenvalue weighted by Gasteiger charge is -2.22. The second-order valence-corrected chi connectivity index (χ2v) is 5.79. The largest absolute Gasteiger partial charge is 0.365 e. The van der Waals surface area contributed by atoms with Crippen LogP contribution in [0.5, 0.6) is 0 Å². The van der Waals surface area contributed by atoms with Crippen LogP contribution in [0.15, 0.2) is 0 Å². The third kappa shape index (κ3) is 2.41. The van der Waals surface area contributed by atoms with Gasteiger partial charge in [-0.1, -0.05) is 12.2 Å². The molecular weight excluding hydrogens is 222 g/mol. The van der Waals surface area contributed by atoms with Crippen LogP contribution in [0.2, 0.25) is 0 Å². The van der Waals surface area contributed by atoms with E-state index in [0.717, 1.165) is 25.9 Å². The summed E-state index contributed by atoms with van der Waals surface area (Å²) in [4.78, 5) is 4.19. The molecule has 0 aromatic rings. The molecule has 0 radical (unpaired) electrons. The topological polar surface area (TPSA) is 75.4 Å².